The van der Waals surface area contributed by atoms with Gasteiger partial charge < -0.3 is 9.64 Å². The molecule has 1 saturated heterocycles. The largest absolute Gasteiger partial charge is 0.380 e. The molecule has 0 aromatic heterocycles. The lowest BCUT2D eigenvalue weighted by atomic mass is 10.1. The number of ether oxygens (including phenoxy) is 1. The van der Waals surface area contributed by atoms with Gasteiger partial charge in [-0.3, -0.25) is 4.79 Å². The van der Waals surface area contributed by atoms with Crippen LogP contribution in [0.15, 0.2) is 47.4 Å². The van der Waals surface area contributed by atoms with Gasteiger partial charge in [0.1, 0.15) is 11.6 Å². The van der Waals surface area contributed by atoms with Crippen LogP contribution < -0.4 is 0 Å². The van der Waals surface area contributed by atoms with Gasteiger partial charge in [-0.25, -0.2) is 17.2 Å². The third-order valence-corrected chi connectivity index (χ3v) is 6.48. The summed E-state index contributed by atoms with van der Waals surface area (Å²) in [5.74, 6) is -2.49. The Hall–Kier alpha value is -2.36. The molecule has 9 heteroatoms. The summed E-state index contributed by atoms with van der Waals surface area (Å²) in [5, 5.41) is 0. The van der Waals surface area contributed by atoms with E-state index in [-0.39, 0.29) is 32.1 Å². The number of piperazine rings is 1. The standard InChI is InChI=1S/C19H20F2N2O4S/c1-27-13-14-4-2-5-15(12-14)19(24)22-8-10-23(11-9-22)28(25,26)18-16(20)6-3-7-17(18)21/h2-7,12H,8-11,13H2,1H3. The Labute approximate surface area is 162 Å². The van der Waals surface area contributed by atoms with Gasteiger partial charge in [-0.15, -0.1) is 0 Å². The molecule has 0 N–H and O–H groups in total. The number of sulfonamides is 1. The molecule has 0 bridgehead atoms. The highest BCUT2D eigenvalue weighted by molar-refractivity contribution is 7.89. The molecule has 1 amide bonds. The number of nitrogens with zero attached hydrogens (tertiary/aromatic N) is 2. The first-order valence-corrected chi connectivity index (χ1v) is 10.1. The van der Waals surface area contributed by atoms with Crippen molar-refractivity contribution in [2.45, 2.75) is 11.5 Å². The Morgan fingerprint density at radius 1 is 1.04 bits per heavy atom. The summed E-state index contributed by atoms with van der Waals surface area (Å²) in [5.41, 5.74) is 1.33. The van der Waals surface area contributed by atoms with Crippen LogP contribution in [0.3, 0.4) is 0 Å². The van der Waals surface area contributed by atoms with Crippen molar-refractivity contribution in [3.05, 3.63) is 65.2 Å². The van der Waals surface area contributed by atoms with E-state index in [0.717, 1.165) is 28.1 Å². The van der Waals surface area contributed by atoms with Crippen molar-refractivity contribution in [1.29, 1.82) is 0 Å². The second kappa shape index (κ2) is 8.34. The molecule has 0 saturated carbocycles. The molecule has 1 fully saturated rings. The highest BCUT2D eigenvalue weighted by atomic mass is 32.2. The van der Waals surface area contributed by atoms with Gasteiger partial charge in [0.05, 0.1) is 6.61 Å². The first-order valence-electron chi connectivity index (χ1n) is 8.66. The van der Waals surface area contributed by atoms with Crippen molar-refractivity contribution in [2.75, 3.05) is 33.3 Å². The molecule has 0 radical (unpaired) electrons. The van der Waals surface area contributed by atoms with Gasteiger partial charge >= 0.3 is 0 Å². The molecule has 1 aliphatic rings. The SMILES string of the molecule is COCc1cccc(C(=O)N2CCN(S(=O)(=O)c3c(F)cccc3F)CC2)c1. The second-order valence-electron chi connectivity index (χ2n) is 6.38. The van der Waals surface area contributed by atoms with E-state index in [2.05, 4.69) is 0 Å². The van der Waals surface area contributed by atoms with E-state index in [1.54, 1.807) is 25.3 Å². The van der Waals surface area contributed by atoms with Crippen LogP contribution in [-0.4, -0.2) is 56.8 Å². The maximum Gasteiger partial charge on any atom is 0.253 e. The van der Waals surface area contributed by atoms with Gasteiger partial charge in [0.15, 0.2) is 4.90 Å². The van der Waals surface area contributed by atoms with Crippen molar-refractivity contribution >= 4 is 15.9 Å². The average Bonchev–Trinajstić information content (AvgIpc) is 2.68. The van der Waals surface area contributed by atoms with Crippen LogP contribution in [0.25, 0.3) is 0 Å². The van der Waals surface area contributed by atoms with Crippen molar-refractivity contribution in [3.8, 4) is 0 Å². The first kappa shape index (κ1) is 20.4. The molecule has 2 aromatic rings. The monoisotopic (exact) mass is 410 g/mol. The van der Waals surface area contributed by atoms with Gasteiger partial charge in [-0.1, -0.05) is 18.2 Å². The molecule has 1 aliphatic heterocycles. The number of hydrogen-bond acceptors (Lipinski definition) is 4. The molecule has 150 valence electrons. The Morgan fingerprint density at radius 2 is 1.64 bits per heavy atom. The fourth-order valence-electron chi connectivity index (χ4n) is 3.13. The van der Waals surface area contributed by atoms with Crippen molar-refractivity contribution in [3.63, 3.8) is 0 Å². The molecular formula is C19H20F2N2O4S. The Balaban J connectivity index is 1.72. The molecule has 28 heavy (non-hydrogen) atoms. The topological polar surface area (TPSA) is 66.9 Å². The van der Waals surface area contributed by atoms with Crippen LogP contribution in [-0.2, 0) is 21.4 Å². The zero-order chi connectivity index (χ0) is 20.3. The zero-order valence-corrected chi connectivity index (χ0v) is 16.1. The van der Waals surface area contributed by atoms with Gasteiger partial charge in [-0.05, 0) is 29.8 Å². The number of halogens is 2. The number of methoxy groups -OCH3 is 1. The van der Waals surface area contributed by atoms with E-state index in [0.29, 0.717) is 12.2 Å². The van der Waals surface area contributed by atoms with Crippen LogP contribution in [0.4, 0.5) is 8.78 Å². The maximum absolute atomic E-state index is 13.9. The summed E-state index contributed by atoms with van der Waals surface area (Å²) in [4.78, 5) is 13.3. The molecule has 0 aliphatic carbocycles. The summed E-state index contributed by atoms with van der Waals surface area (Å²) >= 11 is 0. The molecule has 6 nitrogen and oxygen atoms in total. The summed E-state index contributed by atoms with van der Waals surface area (Å²) in [6.07, 6.45) is 0. The van der Waals surface area contributed by atoms with Crippen LogP contribution >= 0.6 is 0 Å². The van der Waals surface area contributed by atoms with Crippen LogP contribution in [0.5, 0.6) is 0 Å². The normalized spacial score (nSPS) is 15.6. The molecule has 3 rings (SSSR count). The lowest BCUT2D eigenvalue weighted by Crippen LogP contribution is -2.50. The predicted octanol–water partition coefficient (Wildman–Crippen LogP) is 2.26. The molecule has 0 atom stereocenters. The van der Waals surface area contributed by atoms with E-state index in [1.807, 2.05) is 6.07 Å². The predicted molar refractivity (Wildman–Crippen MR) is 98.2 cm³/mol. The van der Waals surface area contributed by atoms with Gasteiger partial charge in [-0.2, -0.15) is 4.31 Å². The quantitative estimate of drug-likeness (QED) is 0.759. The number of carbonyl (C=O) groups is 1. The van der Waals surface area contributed by atoms with E-state index in [4.69, 9.17) is 4.74 Å². The number of benzene rings is 2. The van der Waals surface area contributed by atoms with E-state index >= 15 is 0 Å². The average molecular weight is 410 g/mol. The highest BCUT2D eigenvalue weighted by Gasteiger charge is 2.34. The summed E-state index contributed by atoms with van der Waals surface area (Å²) in [6.45, 7) is 0.547. The fourth-order valence-corrected chi connectivity index (χ4v) is 4.66. The van der Waals surface area contributed by atoms with Gasteiger partial charge in [0.25, 0.3) is 5.91 Å². The molecule has 0 unspecified atom stereocenters. The minimum Gasteiger partial charge on any atom is -0.380 e. The minimum atomic E-state index is -4.32. The Bertz CT molecular complexity index is 953. The van der Waals surface area contributed by atoms with Crippen LogP contribution in [0.2, 0.25) is 0 Å². The Kier molecular flexibility index (Phi) is 6.07. The van der Waals surface area contributed by atoms with Crippen molar-refractivity contribution in [1.82, 2.24) is 9.21 Å². The highest BCUT2D eigenvalue weighted by Crippen LogP contribution is 2.24. The zero-order valence-electron chi connectivity index (χ0n) is 15.3. The summed E-state index contributed by atoms with van der Waals surface area (Å²) in [7, 11) is -2.76. The van der Waals surface area contributed by atoms with E-state index in [1.165, 1.54) is 4.90 Å². The fraction of sp³-hybridized carbons (Fsp3) is 0.316. The smallest absolute Gasteiger partial charge is 0.253 e. The van der Waals surface area contributed by atoms with E-state index in [9.17, 15) is 22.0 Å². The molecule has 2 aromatic carbocycles. The van der Waals surface area contributed by atoms with Crippen molar-refractivity contribution in [2.24, 2.45) is 0 Å². The lowest BCUT2D eigenvalue weighted by Gasteiger charge is -2.34. The number of amides is 1. The van der Waals surface area contributed by atoms with E-state index < -0.39 is 26.6 Å². The molecule has 1 heterocycles. The van der Waals surface area contributed by atoms with Crippen LogP contribution in [0, 0.1) is 11.6 Å². The summed E-state index contributed by atoms with van der Waals surface area (Å²) < 4.78 is 59.1. The second-order valence-corrected chi connectivity index (χ2v) is 8.26. The lowest BCUT2D eigenvalue weighted by molar-refractivity contribution is 0.0697. The first-order chi connectivity index (χ1) is 13.3. The number of hydrogen-bond donors (Lipinski definition) is 0. The summed E-state index contributed by atoms with van der Waals surface area (Å²) in [6, 6.07) is 9.92. The maximum atomic E-state index is 13.9. The van der Waals surface area contributed by atoms with Crippen LogP contribution in [0.1, 0.15) is 15.9 Å². The number of carbonyl (C=O) groups excluding carboxylic acids is 1. The third-order valence-electron chi connectivity index (χ3n) is 4.53. The molecular weight excluding hydrogens is 390 g/mol. The third kappa shape index (κ3) is 4.06. The number of rotatable bonds is 5. The van der Waals surface area contributed by atoms with Gasteiger partial charge in [0.2, 0.25) is 10.0 Å². The van der Waals surface area contributed by atoms with Crippen molar-refractivity contribution < 1.29 is 26.7 Å². The van der Waals surface area contributed by atoms with Gasteiger partial charge in [0, 0.05) is 38.9 Å². The Morgan fingerprint density at radius 3 is 2.25 bits per heavy atom. The molecule has 0 spiro atoms. The minimum absolute atomic E-state index is 0.0421.